The summed E-state index contributed by atoms with van der Waals surface area (Å²) in [6.07, 6.45) is 8.81. The number of guanidine groups is 1. The molecular formula is C17H30N4O3. The smallest absolute Gasteiger partial charge is 0.203 e. The molecule has 2 saturated carbocycles. The van der Waals surface area contributed by atoms with E-state index in [1.807, 2.05) is 6.92 Å². The number of allylic oxidation sites excluding steroid dienone is 1. The van der Waals surface area contributed by atoms with Crippen molar-refractivity contribution in [3.63, 3.8) is 0 Å². The summed E-state index contributed by atoms with van der Waals surface area (Å²) in [5.41, 5.74) is 9.51. The predicted molar refractivity (Wildman–Crippen MR) is 91.5 cm³/mol. The van der Waals surface area contributed by atoms with Crippen LogP contribution in [0, 0.1) is 5.92 Å². The SMILES string of the molecule is CC1C=C2CC(C2)CC(C)OC2(CCC(N=C(N)NN)CC2)OO1. The second-order valence-corrected chi connectivity index (χ2v) is 7.45. The third-order valence-electron chi connectivity index (χ3n) is 5.19. The zero-order valence-electron chi connectivity index (χ0n) is 14.7. The van der Waals surface area contributed by atoms with E-state index < -0.39 is 5.79 Å². The number of nitrogens with two attached hydrogens (primary N) is 2. The van der Waals surface area contributed by atoms with Gasteiger partial charge in [-0.05, 0) is 51.9 Å². The van der Waals surface area contributed by atoms with E-state index >= 15 is 0 Å². The maximum absolute atomic E-state index is 6.34. The summed E-state index contributed by atoms with van der Waals surface area (Å²) in [7, 11) is 0. The van der Waals surface area contributed by atoms with E-state index in [-0.39, 0.29) is 24.2 Å². The summed E-state index contributed by atoms with van der Waals surface area (Å²) in [5, 5.41) is 0. The Labute approximate surface area is 143 Å². The second-order valence-electron chi connectivity index (χ2n) is 7.45. The van der Waals surface area contributed by atoms with Crippen LogP contribution in [-0.4, -0.2) is 30.0 Å². The van der Waals surface area contributed by atoms with E-state index in [1.165, 1.54) is 5.57 Å². The van der Waals surface area contributed by atoms with Gasteiger partial charge in [0.05, 0.1) is 12.1 Å². The van der Waals surface area contributed by atoms with Gasteiger partial charge in [-0.25, -0.2) is 20.6 Å². The van der Waals surface area contributed by atoms with E-state index in [4.69, 9.17) is 26.1 Å². The largest absolute Gasteiger partial charge is 0.369 e. The van der Waals surface area contributed by atoms with Crippen LogP contribution in [0.5, 0.6) is 0 Å². The molecule has 2 bridgehead atoms. The first-order chi connectivity index (χ1) is 11.5. The zero-order valence-corrected chi connectivity index (χ0v) is 14.7. The predicted octanol–water partition coefficient (Wildman–Crippen LogP) is 1.89. The van der Waals surface area contributed by atoms with Gasteiger partial charge in [-0.3, -0.25) is 5.43 Å². The lowest BCUT2D eigenvalue weighted by Crippen LogP contribution is -2.45. The first-order valence-electron chi connectivity index (χ1n) is 9.00. The van der Waals surface area contributed by atoms with Crippen LogP contribution in [0.15, 0.2) is 16.6 Å². The van der Waals surface area contributed by atoms with E-state index in [0.717, 1.165) is 50.9 Å². The molecule has 0 aromatic rings. The van der Waals surface area contributed by atoms with Crippen LogP contribution in [-0.2, 0) is 14.5 Å². The molecule has 2 heterocycles. The summed E-state index contributed by atoms with van der Waals surface area (Å²) in [4.78, 5) is 15.9. The van der Waals surface area contributed by atoms with E-state index in [0.29, 0.717) is 0 Å². The molecule has 2 aliphatic carbocycles. The Hall–Kier alpha value is -1.15. The number of nitrogens with zero attached hydrogens (tertiary/aromatic N) is 1. The van der Waals surface area contributed by atoms with E-state index in [2.05, 4.69) is 23.4 Å². The number of nitrogens with one attached hydrogen (secondary N) is 1. The molecule has 2 unspecified atom stereocenters. The Kier molecular flexibility index (Phi) is 5.44. The van der Waals surface area contributed by atoms with E-state index in [9.17, 15) is 0 Å². The second kappa shape index (κ2) is 7.39. The summed E-state index contributed by atoms with van der Waals surface area (Å²) in [6.45, 7) is 4.15. The first kappa shape index (κ1) is 17.7. The quantitative estimate of drug-likeness (QED) is 0.168. The molecule has 2 fully saturated rings. The number of fused-ring (bicyclic) bond motifs is 5. The Morgan fingerprint density at radius 3 is 2.67 bits per heavy atom. The van der Waals surface area contributed by atoms with Crippen molar-refractivity contribution >= 4 is 5.96 Å². The Balaban J connectivity index is 1.65. The minimum absolute atomic E-state index is 0.0531. The minimum atomic E-state index is -0.683. The third kappa shape index (κ3) is 4.27. The van der Waals surface area contributed by atoms with Gasteiger partial charge in [0, 0.05) is 12.8 Å². The van der Waals surface area contributed by atoms with Crippen LogP contribution < -0.4 is 17.0 Å². The highest BCUT2D eigenvalue weighted by Crippen LogP contribution is 2.41. The van der Waals surface area contributed by atoms with Crippen molar-refractivity contribution in [1.82, 2.24) is 5.43 Å². The molecule has 24 heavy (non-hydrogen) atoms. The standard InChI is InChI=1S/C17H30N4O3/c1-11-7-13-9-14(10-13)8-12(2)23-24-17(22-11)5-3-15(4-6-17)20-16(18)21-19/h8,11-13,15H,3-7,9-10,19H2,1-2H3,(H3,18,20,21). The number of ether oxygens (including phenoxy) is 1. The molecule has 0 saturated heterocycles. The lowest BCUT2D eigenvalue weighted by molar-refractivity contribution is -0.451. The van der Waals surface area contributed by atoms with Crippen molar-refractivity contribution in [2.24, 2.45) is 22.5 Å². The molecule has 4 aliphatic rings. The normalized spacial score (nSPS) is 41.1. The maximum atomic E-state index is 6.34. The molecule has 2 atom stereocenters. The summed E-state index contributed by atoms with van der Waals surface area (Å²) in [6, 6.07) is 0.139. The lowest BCUT2D eigenvalue weighted by Gasteiger charge is -2.40. The van der Waals surface area contributed by atoms with Gasteiger partial charge >= 0.3 is 0 Å². The highest BCUT2D eigenvalue weighted by Gasteiger charge is 2.41. The van der Waals surface area contributed by atoms with Crippen molar-refractivity contribution in [2.75, 3.05) is 0 Å². The van der Waals surface area contributed by atoms with Gasteiger partial charge in [-0.15, -0.1) is 0 Å². The van der Waals surface area contributed by atoms with Gasteiger partial charge in [0.15, 0.2) is 0 Å². The van der Waals surface area contributed by atoms with Gasteiger partial charge in [0.1, 0.15) is 6.10 Å². The Bertz CT molecular complexity index is 492. The lowest BCUT2D eigenvalue weighted by atomic mass is 9.76. The Morgan fingerprint density at radius 2 is 2.00 bits per heavy atom. The number of hydrogen-bond donors (Lipinski definition) is 3. The average molecular weight is 338 g/mol. The number of aliphatic imine (C=N–C) groups is 1. The minimum Gasteiger partial charge on any atom is -0.369 e. The van der Waals surface area contributed by atoms with Crippen molar-refractivity contribution in [1.29, 1.82) is 0 Å². The van der Waals surface area contributed by atoms with Crippen LogP contribution in [0.25, 0.3) is 0 Å². The van der Waals surface area contributed by atoms with Crippen LogP contribution in [0.2, 0.25) is 0 Å². The summed E-state index contributed by atoms with van der Waals surface area (Å²) < 4.78 is 6.34. The molecule has 0 radical (unpaired) electrons. The maximum Gasteiger partial charge on any atom is 0.203 e. The monoisotopic (exact) mass is 338 g/mol. The van der Waals surface area contributed by atoms with Gasteiger partial charge in [0.25, 0.3) is 0 Å². The topological polar surface area (TPSA) is 104 Å². The van der Waals surface area contributed by atoms with Crippen LogP contribution in [0.3, 0.4) is 0 Å². The van der Waals surface area contributed by atoms with Crippen molar-refractivity contribution in [3.05, 3.63) is 11.6 Å². The highest BCUT2D eigenvalue weighted by molar-refractivity contribution is 5.77. The Morgan fingerprint density at radius 1 is 1.29 bits per heavy atom. The summed E-state index contributed by atoms with van der Waals surface area (Å²) >= 11 is 0. The molecule has 2 aliphatic heterocycles. The van der Waals surface area contributed by atoms with Gasteiger partial charge in [-0.2, -0.15) is 0 Å². The third-order valence-corrected chi connectivity index (χ3v) is 5.19. The van der Waals surface area contributed by atoms with Crippen molar-refractivity contribution in [2.45, 2.75) is 82.8 Å². The van der Waals surface area contributed by atoms with E-state index in [1.54, 1.807) is 0 Å². The molecule has 7 nitrogen and oxygen atoms in total. The molecule has 5 N–H and O–H groups in total. The fourth-order valence-corrected chi connectivity index (χ4v) is 4.02. The molecule has 0 aromatic carbocycles. The molecule has 136 valence electrons. The molecule has 0 aromatic heterocycles. The van der Waals surface area contributed by atoms with Crippen LogP contribution in [0.4, 0.5) is 0 Å². The molecule has 1 spiro atoms. The molecule has 7 heteroatoms. The van der Waals surface area contributed by atoms with Gasteiger partial charge in [-0.1, -0.05) is 11.6 Å². The number of hydrogen-bond acceptors (Lipinski definition) is 5. The zero-order chi connectivity index (χ0) is 17.2. The first-order valence-corrected chi connectivity index (χ1v) is 9.00. The summed E-state index contributed by atoms with van der Waals surface area (Å²) in [5.74, 6) is 5.59. The van der Waals surface area contributed by atoms with Crippen molar-refractivity contribution < 1.29 is 14.5 Å². The molecule has 4 rings (SSSR count). The number of rotatable bonds is 1. The molecule has 0 amide bonds. The van der Waals surface area contributed by atoms with Gasteiger partial charge in [0.2, 0.25) is 11.7 Å². The van der Waals surface area contributed by atoms with Crippen LogP contribution in [0.1, 0.15) is 58.8 Å². The number of hydrazine groups is 1. The van der Waals surface area contributed by atoms with Gasteiger partial charge < -0.3 is 10.5 Å². The molecular weight excluding hydrogens is 308 g/mol. The van der Waals surface area contributed by atoms with Crippen LogP contribution >= 0.6 is 0 Å². The average Bonchev–Trinajstić information content (AvgIpc) is 2.55. The highest BCUT2D eigenvalue weighted by atomic mass is 17.2. The van der Waals surface area contributed by atoms with Crippen molar-refractivity contribution in [3.8, 4) is 0 Å². The fraction of sp³-hybridized carbons (Fsp3) is 0.824. The fourth-order valence-electron chi connectivity index (χ4n) is 4.02.